The molecule has 0 aliphatic heterocycles. The highest BCUT2D eigenvalue weighted by Crippen LogP contribution is 2.13. The predicted octanol–water partition coefficient (Wildman–Crippen LogP) is 3.48. The maximum Gasteiger partial charge on any atom is 0.0663 e. The van der Waals surface area contributed by atoms with E-state index in [2.05, 4.69) is 43.4 Å². The van der Waals surface area contributed by atoms with Crippen molar-refractivity contribution in [2.75, 3.05) is 19.0 Å². The van der Waals surface area contributed by atoms with E-state index in [1.54, 1.807) is 7.11 Å². The normalized spacial score (nSPS) is 12.4. The molecule has 0 fully saturated rings. The Labute approximate surface area is 99.0 Å². The Morgan fingerprint density at radius 2 is 1.88 bits per heavy atom. The average molecular weight is 221 g/mol. The molecule has 2 heteroatoms. The molecule has 0 saturated heterocycles. The van der Waals surface area contributed by atoms with Gasteiger partial charge < -0.3 is 10.1 Å². The molecule has 0 bridgehead atoms. The summed E-state index contributed by atoms with van der Waals surface area (Å²) < 4.78 is 5.17. The topological polar surface area (TPSA) is 21.3 Å². The summed E-state index contributed by atoms with van der Waals surface area (Å²) in [5, 5.41) is 3.47. The number of anilines is 1. The highest BCUT2D eigenvalue weighted by molar-refractivity contribution is 5.45. The van der Waals surface area contributed by atoms with Crippen LogP contribution in [0, 0.1) is 0 Å². The smallest absolute Gasteiger partial charge is 0.0663 e. The first-order valence-corrected chi connectivity index (χ1v) is 6.14. The Kier molecular flexibility index (Phi) is 5.94. The first kappa shape index (κ1) is 13.0. The summed E-state index contributed by atoms with van der Waals surface area (Å²) in [5.41, 5.74) is 2.59. The molecular weight excluding hydrogens is 198 g/mol. The Hall–Kier alpha value is -1.02. The van der Waals surface area contributed by atoms with Crippen molar-refractivity contribution in [3.8, 4) is 0 Å². The molecule has 0 aliphatic carbocycles. The SMILES string of the molecule is CCCc1ccc(NC(CC)COC)cc1. The van der Waals surface area contributed by atoms with Gasteiger partial charge in [-0.15, -0.1) is 0 Å². The number of ether oxygens (including phenoxy) is 1. The highest BCUT2D eigenvalue weighted by atomic mass is 16.5. The van der Waals surface area contributed by atoms with Crippen LogP contribution in [0.4, 0.5) is 5.69 Å². The Morgan fingerprint density at radius 3 is 2.38 bits per heavy atom. The second-order valence-electron chi connectivity index (χ2n) is 4.15. The fourth-order valence-corrected chi connectivity index (χ4v) is 1.75. The molecule has 0 radical (unpaired) electrons. The molecule has 0 aliphatic rings. The number of aryl methyl sites for hydroxylation is 1. The van der Waals surface area contributed by atoms with Crippen LogP contribution >= 0.6 is 0 Å². The highest BCUT2D eigenvalue weighted by Gasteiger charge is 2.04. The third kappa shape index (κ3) is 4.23. The van der Waals surface area contributed by atoms with Crippen molar-refractivity contribution < 1.29 is 4.74 Å². The summed E-state index contributed by atoms with van der Waals surface area (Å²) in [6.07, 6.45) is 3.44. The van der Waals surface area contributed by atoms with Crippen LogP contribution in [0.3, 0.4) is 0 Å². The Bertz CT molecular complexity index is 281. The number of benzene rings is 1. The van der Waals surface area contributed by atoms with Crippen LogP contribution in [-0.2, 0) is 11.2 Å². The van der Waals surface area contributed by atoms with Crippen molar-refractivity contribution in [2.24, 2.45) is 0 Å². The zero-order chi connectivity index (χ0) is 11.8. The average Bonchev–Trinajstić information content (AvgIpc) is 2.31. The van der Waals surface area contributed by atoms with E-state index in [0.29, 0.717) is 6.04 Å². The lowest BCUT2D eigenvalue weighted by Crippen LogP contribution is -2.23. The van der Waals surface area contributed by atoms with Gasteiger partial charge in [0, 0.05) is 18.8 Å². The second-order valence-corrected chi connectivity index (χ2v) is 4.15. The Balaban J connectivity index is 2.53. The lowest BCUT2D eigenvalue weighted by atomic mass is 10.1. The van der Waals surface area contributed by atoms with Crippen molar-refractivity contribution in [3.63, 3.8) is 0 Å². The molecule has 16 heavy (non-hydrogen) atoms. The van der Waals surface area contributed by atoms with E-state index in [0.717, 1.165) is 19.4 Å². The van der Waals surface area contributed by atoms with E-state index < -0.39 is 0 Å². The van der Waals surface area contributed by atoms with Crippen LogP contribution in [0.15, 0.2) is 24.3 Å². The van der Waals surface area contributed by atoms with Gasteiger partial charge in [0.15, 0.2) is 0 Å². The van der Waals surface area contributed by atoms with E-state index in [4.69, 9.17) is 4.74 Å². The van der Waals surface area contributed by atoms with E-state index in [1.807, 2.05) is 0 Å². The molecule has 0 amide bonds. The van der Waals surface area contributed by atoms with Gasteiger partial charge in [-0.3, -0.25) is 0 Å². The van der Waals surface area contributed by atoms with Crippen molar-refractivity contribution in [1.82, 2.24) is 0 Å². The van der Waals surface area contributed by atoms with Crippen molar-refractivity contribution >= 4 is 5.69 Å². The molecule has 0 spiro atoms. The quantitative estimate of drug-likeness (QED) is 0.761. The van der Waals surface area contributed by atoms with Crippen molar-refractivity contribution in [2.45, 2.75) is 39.2 Å². The largest absolute Gasteiger partial charge is 0.383 e. The van der Waals surface area contributed by atoms with Gasteiger partial charge in [-0.25, -0.2) is 0 Å². The molecular formula is C14H23NO. The lowest BCUT2D eigenvalue weighted by molar-refractivity contribution is 0.184. The van der Waals surface area contributed by atoms with Crippen molar-refractivity contribution in [3.05, 3.63) is 29.8 Å². The van der Waals surface area contributed by atoms with Gasteiger partial charge >= 0.3 is 0 Å². The van der Waals surface area contributed by atoms with E-state index in [-0.39, 0.29) is 0 Å². The van der Waals surface area contributed by atoms with E-state index in [9.17, 15) is 0 Å². The maximum atomic E-state index is 5.17. The monoisotopic (exact) mass is 221 g/mol. The van der Waals surface area contributed by atoms with Crippen LogP contribution in [0.5, 0.6) is 0 Å². The molecule has 1 N–H and O–H groups in total. The molecule has 0 aromatic heterocycles. The fraction of sp³-hybridized carbons (Fsp3) is 0.571. The molecule has 90 valence electrons. The third-order valence-electron chi connectivity index (χ3n) is 2.72. The van der Waals surface area contributed by atoms with Crippen LogP contribution in [0.25, 0.3) is 0 Å². The van der Waals surface area contributed by atoms with Gasteiger partial charge in [0.25, 0.3) is 0 Å². The predicted molar refractivity (Wildman–Crippen MR) is 70.0 cm³/mol. The zero-order valence-electron chi connectivity index (χ0n) is 10.6. The molecule has 1 rings (SSSR count). The number of rotatable bonds is 7. The molecule has 1 aromatic carbocycles. The van der Waals surface area contributed by atoms with Gasteiger partial charge in [0.05, 0.1) is 6.61 Å². The molecule has 2 nitrogen and oxygen atoms in total. The molecule has 1 unspecified atom stereocenters. The van der Waals surface area contributed by atoms with Gasteiger partial charge in [-0.2, -0.15) is 0 Å². The maximum absolute atomic E-state index is 5.17. The first-order chi connectivity index (χ1) is 7.80. The van der Waals surface area contributed by atoms with Crippen LogP contribution in [-0.4, -0.2) is 19.8 Å². The van der Waals surface area contributed by atoms with Crippen molar-refractivity contribution in [1.29, 1.82) is 0 Å². The van der Waals surface area contributed by atoms with Crippen LogP contribution in [0.2, 0.25) is 0 Å². The second kappa shape index (κ2) is 7.29. The van der Waals surface area contributed by atoms with E-state index in [1.165, 1.54) is 17.7 Å². The zero-order valence-corrected chi connectivity index (χ0v) is 10.6. The first-order valence-electron chi connectivity index (χ1n) is 6.14. The van der Waals surface area contributed by atoms with Gasteiger partial charge in [-0.1, -0.05) is 32.4 Å². The van der Waals surface area contributed by atoms with Crippen LogP contribution in [0.1, 0.15) is 32.3 Å². The summed E-state index contributed by atoms with van der Waals surface area (Å²) in [5.74, 6) is 0. The summed E-state index contributed by atoms with van der Waals surface area (Å²) in [4.78, 5) is 0. The summed E-state index contributed by atoms with van der Waals surface area (Å²) >= 11 is 0. The lowest BCUT2D eigenvalue weighted by Gasteiger charge is -2.17. The number of hydrogen-bond donors (Lipinski definition) is 1. The minimum absolute atomic E-state index is 0.405. The molecule has 1 aromatic rings. The molecule has 0 saturated carbocycles. The summed E-state index contributed by atoms with van der Waals surface area (Å²) in [6.45, 7) is 5.13. The third-order valence-corrected chi connectivity index (χ3v) is 2.72. The molecule has 0 heterocycles. The van der Waals surface area contributed by atoms with Gasteiger partial charge in [-0.05, 0) is 30.5 Å². The fourth-order valence-electron chi connectivity index (χ4n) is 1.75. The minimum Gasteiger partial charge on any atom is -0.383 e. The molecule has 1 atom stereocenters. The number of methoxy groups -OCH3 is 1. The van der Waals surface area contributed by atoms with Gasteiger partial charge in [0.2, 0.25) is 0 Å². The minimum atomic E-state index is 0.405. The standard InChI is InChI=1S/C14H23NO/c1-4-6-12-7-9-14(10-8-12)15-13(5-2)11-16-3/h7-10,13,15H,4-6,11H2,1-3H3. The van der Waals surface area contributed by atoms with E-state index >= 15 is 0 Å². The van der Waals surface area contributed by atoms with Gasteiger partial charge in [0.1, 0.15) is 0 Å². The van der Waals surface area contributed by atoms with Crippen LogP contribution < -0.4 is 5.32 Å². The number of hydrogen-bond acceptors (Lipinski definition) is 2. The number of nitrogens with one attached hydrogen (secondary N) is 1. The summed E-state index contributed by atoms with van der Waals surface area (Å²) in [6, 6.07) is 9.12. The summed E-state index contributed by atoms with van der Waals surface area (Å²) in [7, 11) is 1.74. The Morgan fingerprint density at radius 1 is 1.19 bits per heavy atom.